The van der Waals surface area contributed by atoms with Crippen molar-refractivity contribution in [1.29, 1.82) is 0 Å². The fourth-order valence-corrected chi connectivity index (χ4v) is 5.85. The van der Waals surface area contributed by atoms with Crippen molar-refractivity contribution < 1.29 is 18.5 Å². The zero-order valence-electron chi connectivity index (χ0n) is 19.5. The van der Waals surface area contributed by atoms with Crippen molar-refractivity contribution in [3.63, 3.8) is 0 Å². The topological polar surface area (TPSA) is 85.7 Å². The van der Waals surface area contributed by atoms with Gasteiger partial charge < -0.3 is 9.47 Å². The number of benzene rings is 2. The normalized spacial score (nSPS) is 20.7. The minimum Gasteiger partial charge on any atom is -0.485 e. The van der Waals surface area contributed by atoms with E-state index >= 15 is 0 Å². The van der Waals surface area contributed by atoms with E-state index in [1.54, 1.807) is 22.9 Å². The lowest BCUT2D eigenvalue weighted by Crippen LogP contribution is -2.48. The van der Waals surface area contributed by atoms with E-state index in [0.29, 0.717) is 77.8 Å². The van der Waals surface area contributed by atoms with E-state index in [9.17, 15) is 9.00 Å². The number of carbonyl (C=O) groups is 1. The van der Waals surface area contributed by atoms with Crippen molar-refractivity contribution >= 4 is 39.9 Å². The number of para-hydroxylation sites is 1. The van der Waals surface area contributed by atoms with Gasteiger partial charge in [0, 0.05) is 46.0 Å². The molecule has 11 heteroatoms. The lowest BCUT2D eigenvalue weighted by atomic mass is 10.1. The summed E-state index contributed by atoms with van der Waals surface area (Å²) in [7, 11) is -0.840. The minimum atomic E-state index is -0.840. The summed E-state index contributed by atoms with van der Waals surface area (Å²) in [4.78, 5) is 13.5. The standard InChI is InChI=1S/C25H26Cl2N4O4S/c26-18-7-5-17(6-8-18)23-24(35-19-9-15-36(33)16-10-19)22(25(32)29-30-11-13-34-14-12-30)28-31(23)21-4-2-1-3-20(21)27/h1-8,19H,9-16H2,(H,29,32). The highest BCUT2D eigenvalue weighted by atomic mass is 35.5. The number of hydrogen-bond donors (Lipinski definition) is 1. The van der Waals surface area contributed by atoms with Crippen molar-refractivity contribution in [3.8, 4) is 22.7 Å². The van der Waals surface area contributed by atoms with Crippen LogP contribution in [0.15, 0.2) is 48.5 Å². The summed E-state index contributed by atoms with van der Waals surface area (Å²) in [6, 6.07) is 14.6. The molecule has 36 heavy (non-hydrogen) atoms. The van der Waals surface area contributed by atoms with Crippen LogP contribution in [0.4, 0.5) is 0 Å². The Kier molecular flexibility index (Phi) is 7.93. The van der Waals surface area contributed by atoms with Crippen LogP contribution in [0.5, 0.6) is 5.75 Å². The van der Waals surface area contributed by atoms with E-state index in [4.69, 9.17) is 37.8 Å². The SMILES string of the molecule is O=C(NN1CCOCC1)c1nn(-c2ccccc2Cl)c(-c2ccc(Cl)cc2)c1OC1CCS(=O)CC1. The molecule has 2 aliphatic rings. The minimum absolute atomic E-state index is 0.151. The number of nitrogens with zero attached hydrogens (tertiary/aromatic N) is 3. The van der Waals surface area contributed by atoms with Gasteiger partial charge in [-0.15, -0.1) is 0 Å². The average molecular weight is 549 g/mol. The summed E-state index contributed by atoms with van der Waals surface area (Å²) < 4.78 is 25.5. The Labute approximate surface area is 221 Å². The molecule has 1 aromatic heterocycles. The number of hydrogen-bond acceptors (Lipinski definition) is 6. The van der Waals surface area contributed by atoms with Crippen molar-refractivity contribution in [2.45, 2.75) is 18.9 Å². The van der Waals surface area contributed by atoms with Crippen LogP contribution in [-0.2, 0) is 15.5 Å². The number of morpholine rings is 1. The van der Waals surface area contributed by atoms with Crippen molar-refractivity contribution in [1.82, 2.24) is 20.2 Å². The van der Waals surface area contributed by atoms with Gasteiger partial charge in [-0.05, 0) is 37.1 Å². The van der Waals surface area contributed by atoms with Gasteiger partial charge in [0.2, 0.25) is 0 Å². The third-order valence-electron chi connectivity index (χ3n) is 6.15. The van der Waals surface area contributed by atoms with Crippen LogP contribution in [0.2, 0.25) is 10.0 Å². The maximum Gasteiger partial charge on any atom is 0.289 e. The Bertz CT molecular complexity index is 1250. The van der Waals surface area contributed by atoms with Crippen molar-refractivity contribution in [2.75, 3.05) is 37.8 Å². The smallest absolute Gasteiger partial charge is 0.289 e. The van der Waals surface area contributed by atoms with Gasteiger partial charge in [0.25, 0.3) is 5.91 Å². The van der Waals surface area contributed by atoms with Crippen LogP contribution < -0.4 is 10.2 Å². The van der Waals surface area contributed by atoms with Crippen LogP contribution >= 0.6 is 23.2 Å². The zero-order chi connectivity index (χ0) is 25.1. The molecule has 2 fully saturated rings. The summed E-state index contributed by atoms with van der Waals surface area (Å²) in [5.41, 5.74) is 5.07. The molecule has 1 amide bonds. The number of halogens is 2. The fourth-order valence-electron chi connectivity index (χ4n) is 4.25. The van der Waals surface area contributed by atoms with Gasteiger partial charge in [-0.1, -0.05) is 47.5 Å². The number of amides is 1. The van der Waals surface area contributed by atoms with Gasteiger partial charge in [-0.25, -0.2) is 9.69 Å². The third-order valence-corrected chi connectivity index (χ3v) is 8.10. The van der Waals surface area contributed by atoms with E-state index in [1.807, 2.05) is 35.3 Å². The van der Waals surface area contributed by atoms with E-state index in [2.05, 4.69) is 5.43 Å². The van der Waals surface area contributed by atoms with Gasteiger partial charge in [-0.3, -0.25) is 14.4 Å². The Morgan fingerprint density at radius 2 is 1.75 bits per heavy atom. The number of carbonyl (C=O) groups excluding carboxylic acids is 1. The Balaban J connectivity index is 1.63. The Hall–Kier alpha value is -2.43. The molecule has 8 nitrogen and oxygen atoms in total. The summed E-state index contributed by atoms with van der Waals surface area (Å²) in [5.74, 6) is 1.11. The summed E-state index contributed by atoms with van der Waals surface area (Å²) in [6.45, 7) is 2.22. The van der Waals surface area contributed by atoms with E-state index in [0.717, 1.165) is 5.56 Å². The van der Waals surface area contributed by atoms with Crippen LogP contribution in [0, 0.1) is 0 Å². The first-order valence-corrected chi connectivity index (χ1v) is 14.0. The van der Waals surface area contributed by atoms with Gasteiger partial charge in [-0.2, -0.15) is 5.10 Å². The monoisotopic (exact) mass is 548 g/mol. The molecular formula is C25H26Cl2N4O4S. The molecule has 0 aliphatic carbocycles. The Morgan fingerprint density at radius 3 is 2.44 bits per heavy atom. The molecule has 0 bridgehead atoms. The van der Waals surface area contributed by atoms with Crippen molar-refractivity contribution in [3.05, 3.63) is 64.3 Å². The van der Waals surface area contributed by atoms with Crippen molar-refractivity contribution in [2.24, 2.45) is 0 Å². The summed E-state index contributed by atoms with van der Waals surface area (Å²) in [5, 5.41) is 7.61. The van der Waals surface area contributed by atoms with Gasteiger partial charge in [0.15, 0.2) is 11.4 Å². The lowest BCUT2D eigenvalue weighted by Gasteiger charge is -2.27. The second-order valence-corrected chi connectivity index (χ2v) is 11.1. The van der Waals surface area contributed by atoms with Gasteiger partial charge >= 0.3 is 0 Å². The molecule has 3 heterocycles. The second kappa shape index (κ2) is 11.3. The quantitative estimate of drug-likeness (QED) is 0.498. The summed E-state index contributed by atoms with van der Waals surface area (Å²) in [6.07, 6.45) is 1.08. The van der Waals surface area contributed by atoms with Crippen LogP contribution in [0.1, 0.15) is 23.3 Å². The second-order valence-electron chi connectivity index (χ2n) is 8.60. The predicted octanol–water partition coefficient (Wildman–Crippen LogP) is 4.11. The van der Waals surface area contributed by atoms with E-state index in [-0.39, 0.29) is 17.7 Å². The Morgan fingerprint density at radius 1 is 1.06 bits per heavy atom. The number of rotatable bonds is 6. The van der Waals surface area contributed by atoms with Crippen LogP contribution in [0.3, 0.4) is 0 Å². The van der Waals surface area contributed by atoms with Gasteiger partial charge in [0.1, 0.15) is 11.8 Å². The van der Waals surface area contributed by atoms with Gasteiger partial charge in [0.05, 0.1) is 23.9 Å². The molecule has 2 aromatic carbocycles. The maximum absolute atomic E-state index is 13.5. The van der Waals surface area contributed by atoms with Crippen LogP contribution in [0.25, 0.3) is 16.9 Å². The molecule has 0 atom stereocenters. The fraction of sp³-hybridized carbons (Fsp3) is 0.360. The first-order chi connectivity index (χ1) is 17.5. The van der Waals surface area contributed by atoms with Crippen LogP contribution in [-0.4, -0.2) is 68.8 Å². The number of nitrogens with one attached hydrogen (secondary N) is 1. The molecule has 2 saturated heterocycles. The highest BCUT2D eigenvalue weighted by Gasteiger charge is 2.31. The first-order valence-electron chi connectivity index (χ1n) is 11.8. The molecule has 190 valence electrons. The predicted molar refractivity (Wildman–Crippen MR) is 140 cm³/mol. The van der Waals surface area contributed by atoms with E-state index < -0.39 is 10.8 Å². The zero-order valence-corrected chi connectivity index (χ0v) is 21.8. The molecule has 2 aliphatic heterocycles. The third kappa shape index (κ3) is 5.60. The molecule has 1 N–H and O–H groups in total. The molecule has 0 spiro atoms. The number of aromatic nitrogens is 2. The molecule has 0 unspecified atom stereocenters. The largest absolute Gasteiger partial charge is 0.485 e. The highest BCUT2D eigenvalue weighted by Crippen LogP contribution is 2.39. The molecule has 5 rings (SSSR count). The molecule has 3 aromatic rings. The molecule has 0 saturated carbocycles. The lowest BCUT2D eigenvalue weighted by molar-refractivity contribution is 0.0123. The summed E-state index contributed by atoms with van der Waals surface area (Å²) >= 11 is 12.7. The molecule has 0 radical (unpaired) electrons. The average Bonchev–Trinajstić information content (AvgIpc) is 3.25. The molecular weight excluding hydrogens is 523 g/mol. The number of ether oxygens (including phenoxy) is 2. The maximum atomic E-state index is 13.5. The highest BCUT2D eigenvalue weighted by molar-refractivity contribution is 7.85. The number of hydrazine groups is 1. The van der Waals surface area contributed by atoms with E-state index in [1.165, 1.54) is 0 Å². The first kappa shape index (κ1) is 25.2.